The smallest absolute Gasteiger partial charge is 0.138 e. The summed E-state index contributed by atoms with van der Waals surface area (Å²) in [5, 5.41) is 4.19. The molecule has 0 amide bonds. The molecular weight excluding hydrogens is 290 g/mol. The number of hydrogen-bond donors (Lipinski definition) is 1. The number of halogens is 1. The summed E-state index contributed by atoms with van der Waals surface area (Å²) in [7, 11) is 0. The first-order valence-corrected chi connectivity index (χ1v) is 8.10. The highest BCUT2D eigenvalue weighted by atomic mass is 35.5. The van der Waals surface area contributed by atoms with Gasteiger partial charge in [-0.1, -0.05) is 17.7 Å². The van der Waals surface area contributed by atoms with Gasteiger partial charge in [0.1, 0.15) is 12.4 Å². The molecule has 20 heavy (non-hydrogen) atoms. The molecule has 1 N–H and O–H groups in total. The zero-order valence-electron chi connectivity index (χ0n) is 11.5. The van der Waals surface area contributed by atoms with Crippen LogP contribution in [0.25, 0.3) is 0 Å². The summed E-state index contributed by atoms with van der Waals surface area (Å²) >= 11 is 7.93. The van der Waals surface area contributed by atoms with Gasteiger partial charge in [-0.2, -0.15) is 0 Å². The summed E-state index contributed by atoms with van der Waals surface area (Å²) in [5.74, 6) is 0.762. The molecule has 0 radical (unpaired) electrons. The zero-order valence-corrected chi connectivity index (χ0v) is 13.1. The molecule has 0 atom stereocenters. The average Bonchev–Trinajstić information content (AvgIpc) is 3.16. The van der Waals surface area contributed by atoms with Crippen LogP contribution in [-0.2, 0) is 13.2 Å². The molecule has 106 valence electrons. The SMILES string of the molecule is Cc1ccc(Cl)c(OCc2ccc(CNC3CC3)s2)c1. The summed E-state index contributed by atoms with van der Waals surface area (Å²) in [6.07, 6.45) is 2.65. The molecule has 1 aliphatic carbocycles. The minimum Gasteiger partial charge on any atom is -0.486 e. The lowest BCUT2D eigenvalue weighted by Gasteiger charge is -2.07. The molecule has 2 nitrogen and oxygen atoms in total. The van der Waals surface area contributed by atoms with Gasteiger partial charge < -0.3 is 10.1 Å². The van der Waals surface area contributed by atoms with E-state index in [9.17, 15) is 0 Å². The molecule has 1 aromatic heterocycles. The monoisotopic (exact) mass is 307 g/mol. The maximum Gasteiger partial charge on any atom is 0.138 e. The lowest BCUT2D eigenvalue weighted by atomic mass is 10.2. The van der Waals surface area contributed by atoms with Crippen LogP contribution < -0.4 is 10.1 Å². The minimum atomic E-state index is 0.581. The van der Waals surface area contributed by atoms with Crippen LogP contribution in [0.4, 0.5) is 0 Å². The maximum absolute atomic E-state index is 6.13. The highest BCUT2D eigenvalue weighted by Crippen LogP contribution is 2.27. The Morgan fingerprint density at radius 2 is 2.05 bits per heavy atom. The third-order valence-electron chi connectivity index (χ3n) is 3.32. The fourth-order valence-electron chi connectivity index (χ4n) is 2.00. The summed E-state index contributed by atoms with van der Waals surface area (Å²) in [6, 6.07) is 10.9. The van der Waals surface area contributed by atoms with Crippen LogP contribution in [0.3, 0.4) is 0 Å². The van der Waals surface area contributed by atoms with E-state index < -0.39 is 0 Å². The molecule has 0 saturated heterocycles. The van der Waals surface area contributed by atoms with Gasteiger partial charge in [0.15, 0.2) is 0 Å². The molecule has 2 aromatic rings. The van der Waals surface area contributed by atoms with Crippen molar-refractivity contribution in [3.8, 4) is 5.75 Å². The van der Waals surface area contributed by atoms with Crippen molar-refractivity contribution in [3.05, 3.63) is 50.7 Å². The van der Waals surface area contributed by atoms with Gasteiger partial charge in [-0.25, -0.2) is 0 Å². The van der Waals surface area contributed by atoms with E-state index in [1.54, 1.807) is 11.3 Å². The quantitative estimate of drug-likeness (QED) is 0.846. The fraction of sp³-hybridized carbons (Fsp3) is 0.375. The molecule has 3 rings (SSSR count). The second-order valence-electron chi connectivity index (χ2n) is 5.25. The van der Waals surface area contributed by atoms with Crippen molar-refractivity contribution in [2.24, 2.45) is 0 Å². The zero-order chi connectivity index (χ0) is 13.9. The average molecular weight is 308 g/mol. The van der Waals surface area contributed by atoms with Crippen molar-refractivity contribution in [1.82, 2.24) is 5.32 Å². The Hall–Kier alpha value is -1.03. The van der Waals surface area contributed by atoms with Crippen LogP contribution in [-0.4, -0.2) is 6.04 Å². The largest absolute Gasteiger partial charge is 0.486 e. The van der Waals surface area contributed by atoms with Gasteiger partial charge in [0.25, 0.3) is 0 Å². The molecule has 4 heteroatoms. The Bertz CT molecular complexity index is 592. The predicted octanol–water partition coefficient (Wildman–Crippen LogP) is 4.54. The van der Waals surface area contributed by atoms with Gasteiger partial charge >= 0.3 is 0 Å². The summed E-state index contributed by atoms with van der Waals surface area (Å²) in [6.45, 7) is 3.59. The third-order valence-corrected chi connectivity index (χ3v) is 4.69. The van der Waals surface area contributed by atoms with E-state index in [2.05, 4.69) is 17.4 Å². The van der Waals surface area contributed by atoms with Crippen molar-refractivity contribution in [3.63, 3.8) is 0 Å². The standard InChI is InChI=1S/C16H18ClNOS/c1-11-2-7-15(17)16(8-11)19-10-14-6-5-13(20-14)9-18-12-3-4-12/h2,5-8,12,18H,3-4,9-10H2,1H3. The summed E-state index contributed by atoms with van der Waals surface area (Å²) in [4.78, 5) is 2.60. The predicted molar refractivity (Wildman–Crippen MR) is 84.7 cm³/mol. The van der Waals surface area contributed by atoms with Crippen molar-refractivity contribution < 1.29 is 4.74 Å². The lowest BCUT2D eigenvalue weighted by Crippen LogP contribution is -2.14. The van der Waals surface area contributed by atoms with Crippen LogP contribution in [0.2, 0.25) is 5.02 Å². The molecule has 0 unspecified atom stereocenters. The molecule has 0 spiro atoms. The first-order valence-electron chi connectivity index (χ1n) is 6.90. The topological polar surface area (TPSA) is 21.3 Å². The molecule has 1 aliphatic rings. The lowest BCUT2D eigenvalue weighted by molar-refractivity contribution is 0.310. The van der Waals surface area contributed by atoms with Crippen LogP contribution in [0, 0.1) is 6.92 Å². The van der Waals surface area contributed by atoms with Gasteiger partial charge in [0, 0.05) is 22.3 Å². The van der Waals surface area contributed by atoms with E-state index >= 15 is 0 Å². The van der Waals surface area contributed by atoms with Crippen molar-refractivity contribution in [2.75, 3.05) is 0 Å². The van der Waals surface area contributed by atoms with Gasteiger partial charge in [-0.05, 0) is 49.6 Å². The van der Waals surface area contributed by atoms with Gasteiger partial charge in [0.05, 0.1) is 5.02 Å². The van der Waals surface area contributed by atoms with Gasteiger partial charge in [-0.3, -0.25) is 0 Å². The Morgan fingerprint density at radius 1 is 1.25 bits per heavy atom. The summed E-state index contributed by atoms with van der Waals surface area (Å²) < 4.78 is 5.81. The van der Waals surface area contributed by atoms with Crippen molar-refractivity contribution in [2.45, 2.75) is 39.0 Å². The van der Waals surface area contributed by atoms with E-state index in [4.69, 9.17) is 16.3 Å². The molecule has 0 bridgehead atoms. The molecule has 1 fully saturated rings. The second-order valence-corrected chi connectivity index (χ2v) is 6.91. The van der Waals surface area contributed by atoms with E-state index in [0.29, 0.717) is 11.6 Å². The Kier molecular flexibility index (Phi) is 4.29. The van der Waals surface area contributed by atoms with Crippen molar-refractivity contribution in [1.29, 1.82) is 0 Å². The fourth-order valence-corrected chi connectivity index (χ4v) is 3.05. The number of hydrogen-bond acceptors (Lipinski definition) is 3. The second kappa shape index (κ2) is 6.17. The highest BCUT2D eigenvalue weighted by molar-refractivity contribution is 7.11. The van der Waals surface area contributed by atoms with E-state index in [-0.39, 0.29) is 0 Å². The number of benzene rings is 1. The van der Waals surface area contributed by atoms with E-state index in [1.165, 1.54) is 22.6 Å². The number of ether oxygens (including phenoxy) is 1. The first kappa shape index (κ1) is 13.9. The van der Waals surface area contributed by atoms with Crippen LogP contribution >= 0.6 is 22.9 Å². The number of nitrogens with one attached hydrogen (secondary N) is 1. The van der Waals surface area contributed by atoms with E-state index in [0.717, 1.165) is 23.9 Å². The third kappa shape index (κ3) is 3.75. The maximum atomic E-state index is 6.13. The Labute approximate surface area is 128 Å². The minimum absolute atomic E-state index is 0.581. The van der Waals surface area contributed by atoms with Crippen LogP contribution in [0.1, 0.15) is 28.2 Å². The van der Waals surface area contributed by atoms with Crippen LogP contribution in [0.15, 0.2) is 30.3 Å². The molecule has 0 aliphatic heterocycles. The van der Waals surface area contributed by atoms with Crippen molar-refractivity contribution >= 4 is 22.9 Å². The van der Waals surface area contributed by atoms with E-state index in [1.807, 2.05) is 25.1 Å². The summed E-state index contributed by atoms with van der Waals surface area (Å²) in [5.41, 5.74) is 1.16. The normalized spacial score (nSPS) is 14.5. The first-order chi connectivity index (χ1) is 9.70. The Morgan fingerprint density at radius 3 is 2.85 bits per heavy atom. The molecule has 1 aromatic carbocycles. The molecule has 1 saturated carbocycles. The Balaban J connectivity index is 1.55. The number of aryl methyl sites for hydroxylation is 1. The van der Waals surface area contributed by atoms with Gasteiger partial charge in [-0.15, -0.1) is 11.3 Å². The van der Waals surface area contributed by atoms with Crippen LogP contribution in [0.5, 0.6) is 5.75 Å². The molecule has 1 heterocycles. The number of rotatable bonds is 6. The number of thiophene rings is 1. The molecular formula is C16H18ClNOS. The van der Waals surface area contributed by atoms with Gasteiger partial charge in [0.2, 0.25) is 0 Å². The highest BCUT2D eigenvalue weighted by Gasteiger charge is 2.20.